The van der Waals surface area contributed by atoms with E-state index in [9.17, 15) is 13.2 Å². The van der Waals surface area contributed by atoms with Gasteiger partial charge in [0.25, 0.3) is 0 Å². The van der Waals surface area contributed by atoms with Crippen LogP contribution in [0.15, 0.2) is 71.6 Å². The van der Waals surface area contributed by atoms with Gasteiger partial charge in [-0.3, -0.25) is 4.79 Å². The first-order valence-corrected chi connectivity index (χ1v) is 10.6. The van der Waals surface area contributed by atoms with Crippen LogP contribution in [0.5, 0.6) is 0 Å². The summed E-state index contributed by atoms with van der Waals surface area (Å²) in [7, 11) is -3.47. The molecule has 1 unspecified atom stereocenters. The van der Waals surface area contributed by atoms with Crippen LogP contribution in [0, 0.1) is 6.92 Å². The largest absolute Gasteiger partial charge is 0.350 e. The van der Waals surface area contributed by atoms with Crippen LogP contribution in [-0.2, 0) is 14.6 Å². The number of sulfone groups is 1. The number of carbonyl (C=O) groups is 1. The Morgan fingerprint density at radius 3 is 2.37 bits per heavy atom. The van der Waals surface area contributed by atoms with Gasteiger partial charge in [0.15, 0.2) is 9.84 Å². The predicted molar refractivity (Wildman–Crippen MR) is 108 cm³/mol. The van der Waals surface area contributed by atoms with Gasteiger partial charge < -0.3 is 5.32 Å². The Hall–Kier alpha value is -2.66. The molecule has 0 aromatic heterocycles. The number of rotatable bonds is 6. The number of carbonyl (C=O) groups excluding carboxylic acids is 1. The van der Waals surface area contributed by atoms with Gasteiger partial charge in [0, 0.05) is 6.42 Å². The predicted octanol–water partition coefficient (Wildman–Crippen LogP) is 4.19. The van der Waals surface area contributed by atoms with E-state index >= 15 is 0 Å². The molecule has 1 amide bonds. The molecule has 1 atom stereocenters. The fourth-order valence-electron chi connectivity index (χ4n) is 3.11. The third-order valence-corrected chi connectivity index (χ3v) is 6.38. The van der Waals surface area contributed by atoms with Gasteiger partial charge in [0.05, 0.1) is 16.7 Å². The van der Waals surface area contributed by atoms with Crippen LogP contribution in [0.2, 0.25) is 0 Å². The maximum Gasteiger partial charge on any atom is 0.221 e. The molecule has 0 saturated heterocycles. The average molecular weight is 381 g/mol. The molecule has 1 N–H and O–H groups in total. The second-order valence-corrected chi connectivity index (χ2v) is 8.85. The Morgan fingerprint density at radius 2 is 1.63 bits per heavy atom. The first kappa shape index (κ1) is 19.1. The highest BCUT2D eigenvalue weighted by Gasteiger charge is 2.18. The van der Waals surface area contributed by atoms with Gasteiger partial charge >= 0.3 is 0 Å². The van der Waals surface area contributed by atoms with E-state index in [1.54, 1.807) is 24.3 Å². The van der Waals surface area contributed by atoms with Crippen LogP contribution in [0.1, 0.15) is 30.5 Å². The van der Waals surface area contributed by atoms with Crippen molar-refractivity contribution in [2.24, 2.45) is 0 Å². The molecule has 0 aliphatic rings. The molecule has 0 bridgehead atoms. The van der Waals surface area contributed by atoms with Crippen LogP contribution < -0.4 is 5.32 Å². The molecule has 4 nitrogen and oxygen atoms in total. The quantitative estimate of drug-likeness (QED) is 0.696. The molecule has 140 valence electrons. The van der Waals surface area contributed by atoms with Crippen molar-refractivity contribution >= 4 is 26.5 Å². The lowest BCUT2D eigenvalue weighted by Gasteiger charge is -2.16. The molecule has 0 heterocycles. The average Bonchev–Trinajstić information content (AvgIpc) is 2.66. The van der Waals surface area contributed by atoms with E-state index in [0.717, 1.165) is 21.9 Å². The van der Waals surface area contributed by atoms with Gasteiger partial charge in [0.2, 0.25) is 5.91 Å². The highest BCUT2D eigenvalue weighted by atomic mass is 32.2. The molecule has 0 fully saturated rings. The molecule has 27 heavy (non-hydrogen) atoms. The van der Waals surface area contributed by atoms with E-state index in [2.05, 4.69) is 5.32 Å². The monoisotopic (exact) mass is 381 g/mol. The lowest BCUT2D eigenvalue weighted by Crippen LogP contribution is -2.28. The van der Waals surface area contributed by atoms with E-state index in [4.69, 9.17) is 0 Å². The number of amides is 1. The second kappa shape index (κ2) is 7.92. The van der Waals surface area contributed by atoms with Gasteiger partial charge in [-0.05, 0) is 42.3 Å². The lowest BCUT2D eigenvalue weighted by atomic mass is 9.99. The highest BCUT2D eigenvalue weighted by Crippen LogP contribution is 2.24. The lowest BCUT2D eigenvalue weighted by molar-refractivity contribution is -0.121. The maximum absolute atomic E-state index is 12.4. The summed E-state index contributed by atoms with van der Waals surface area (Å²) in [6, 6.07) is 20.5. The molecule has 0 saturated carbocycles. The van der Waals surface area contributed by atoms with Crippen LogP contribution in [0.3, 0.4) is 0 Å². The SMILES string of the molecule is Cc1ccc(S(=O)(=O)CCC(=O)NC(C)c2cccc3ccccc23)cc1. The van der Waals surface area contributed by atoms with Crippen molar-refractivity contribution in [1.82, 2.24) is 5.32 Å². The van der Waals surface area contributed by atoms with Gasteiger partial charge in [-0.15, -0.1) is 0 Å². The van der Waals surface area contributed by atoms with Crippen molar-refractivity contribution in [3.8, 4) is 0 Å². The van der Waals surface area contributed by atoms with Crippen LogP contribution >= 0.6 is 0 Å². The number of nitrogens with one attached hydrogen (secondary N) is 1. The fourth-order valence-corrected chi connectivity index (χ4v) is 4.35. The molecule has 5 heteroatoms. The minimum Gasteiger partial charge on any atom is -0.350 e. The summed E-state index contributed by atoms with van der Waals surface area (Å²) in [5.41, 5.74) is 2.01. The Kier molecular flexibility index (Phi) is 5.61. The number of hydrogen-bond donors (Lipinski definition) is 1. The molecule has 0 aliphatic heterocycles. The molecular weight excluding hydrogens is 358 g/mol. The van der Waals surface area contributed by atoms with E-state index in [1.807, 2.05) is 56.3 Å². The van der Waals surface area contributed by atoms with Crippen molar-refractivity contribution in [2.75, 3.05) is 5.75 Å². The number of benzene rings is 3. The number of aryl methyl sites for hydroxylation is 1. The Bertz CT molecular complexity index is 1050. The molecule has 3 aromatic carbocycles. The summed E-state index contributed by atoms with van der Waals surface area (Å²) < 4.78 is 24.8. The van der Waals surface area contributed by atoms with Crippen molar-refractivity contribution in [1.29, 1.82) is 0 Å². The van der Waals surface area contributed by atoms with Gasteiger partial charge in [-0.25, -0.2) is 8.42 Å². The van der Waals surface area contributed by atoms with Crippen molar-refractivity contribution in [2.45, 2.75) is 31.2 Å². The summed E-state index contributed by atoms with van der Waals surface area (Å²) in [6.45, 7) is 3.81. The van der Waals surface area contributed by atoms with Crippen LogP contribution in [0.25, 0.3) is 10.8 Å². The molecular formula is C22H23NO3S. The fraction of sp³-hybridized carbons (Fsp3) is 0.227. The summed E-state index contributed by atoms with van der Waals surface area (Å²) in [5.74, 6) is -0.476. The van der Waals surface area contributed by atoms with E-state index in [0.29, 0.717) is 0 Å². The zero-order valence-corrected chi connectivity index (χ0v) is 16.3. The van der Waals surface area contributed by atoms with Gasteiger partial charge in [-0.2, -0.15) is 0 Å². The standard InChI is InChI=1S/C22H23NO3S/c1-16-10-12-19(13-11-16)27(25,26)15-14-22(24)23-17(2)20-9-5-7-18-6-3-4-8-21(18)20/h3-13,17H,14-15H2,1-2H3,(H,23,24). The summed E-state index contributed by atoms with van der Waals surface area (Å²) >= 11 is 0. The van der Waals surface area contributed by atoms with Crippen LogP contribution in [-0.4, -0.2) is 20.1 Å². The third kappa shape index (κ3) is 4.55. The normalized spacial score (nSPS) is 12.7. The molecule has 3 aromatic rings. The summed E-state index contributed by atoms with van der Waals surface area (Å²) in [6.07, 6.45) is -0.0642. The van der Waals surface area contributed by atoms with Gasteiger partial charge in [0.1, 0.15) is 0 Å². The second-order valence-electron chi connectivity index (χ2n) is 6.74. The van der Waals surface area contributed by atoms with Crippen molar-refractivity contribution in [3.63, 3.8) is 0 Å². The minimum absolute atomic E-state index is 0.0642. The first-order valence-electron chi connectivity index (χ1n) is 8.93. The van der Waals surface area contributed by atoms with E-state index in [-0.39, 0.29) is 29.0 Å². The molecule has 0 radical (unpaired) electrons. The minimum atomic E-state index is -3.47. The maximum atomic E-state index is 12.4. The first-order chi connectivity index (χ1) is 12.9. The van der Waals surface area contributed by atoms with Crippen molar-refractivity contribution in [3.05, 3.63) is 77.9 Å². The Balaban J connectivity index is 1.66. The molecule has 3 rings (SSSR count). The molecule has 0 spiro atoms. The number of hydrogen-bond acceptors (Lipinski definition) is 3. The zero-order chi connectivity index (χ0) is 19.4. The Labute approximate surface area is 160 Å². The van der Waals surface area contributed by atoms with Crippen LogP contribution in [0.4, 0.5) is 0 Å². The van der Waals surface area contributed by atoms with E-state index in [1.165, 1.54) is 0 Å². The number of fused-ring (bicyclic) bond motifs is 1. The molecule has 0 aliphatic carbocycles. The van der Waals surface area contributed by atoms with Crippen molar-refractivity contribution < 1.29 is 13.2 Å². The summed E-state index contributed by atoms with van der Waals surface area (Å²) in [5, 5.41) is 5.11. The summed E-state index contributed by atoms with van der Waals surface area (Å²) in [4.78, 5) is 12.6. The smallest absolute Gasteiger partial charge is 0.221 e. The zero-order valence-electron chi connectivity index (χ0n) is 15.5. The van der Waals surface area contributed by atoms with Gasteiger partial charge in [-0.1, -0.05) is 60.2 Å². The highest BCUT2D eigenvalue weighted by molar-refractivity contribution is 7.91. The van der Waals surface area contributed by atoms with E-state index < -0.39 is 9.84 Å². The third-order valence-electron chi connectivity index (χ3n) is 4.65. The topological polar surface area (TPSA) is 63.2 Å². The Morgan fingerprint density at radius 1 is 0.963 bits per heavy atom.